The third-order valence-corrected chi connectivity index (χ3v) is 4.33. The van der Waals surface area contributed by atoms with E-state index in [1.165, 1.54) is 0 Å². The molecule has 0 saturated carbocycles. The smallest absolute Gasteiger partial charge is 0.272 e. The molecule has 7 heteroatoms. The van der Waals surface area contributed by atoms with Crippen molar-refractivity contribution in [3.63, 3.8) is 0 Å². The molecule has 0 bridgehead atoms. The van der Waals surface area contributed by atoms with Gasteiger partial charge in [-0.1, -0.05) is 30.3 Å². The van der Waals surface area contributed by atoms with Crippen molar-refractivity contribution < 1.29 is 0 Å². The Morgan fingerprint density at radius 2 is 1.81 bits per heavy atom. The normalized spacial score (nSPS) is 10.7. The van der Waals surface area contributed by atoms with Gasteiger partial charge in [0.2, 0.25) is 0 Å². The van der Waals surface area contributed by atoms with Crippen LogP contribution in [0.2, 0.25) is 0 Å². The number of hydrogen-bond acceptors (Lipinski definition) is 4. The summed E-state index contributed by atoms with van der Waals surface area (Å²) < 4.78 is 0. The van der Waals surface area contributed by atoms with E-state index in [1.807, 2.05) is 48.5 Å². The van der Waals surface area contributed by atoms with E-state index in [4.69, 9.17) is 11.1 Å². The molecular formula is C20H24N6O. The maximum absolute atomic E-state index is 12.0. The van der Waals surface area contributed by atoms with Crippen LogP contribution >= 0.6 is 0 Å². The van der Waals surface area contributed by atoms with Crippen LogP contribution in [0.1, 0.15) is 19.3 Å². The van der Waals surface area contributed by atoms with Gasteiger partial charge in [0, 0.05) is 29.7 Å². The van der Waals surface area contributed by atoms with Crippen LogP contribution in [0.5, 0.6) is 0 Å². The first-order valence-electron chi connectivity index (χ1n) is 9.05. The first kappa shape index (κ1) is 18.4. The fourth-order valence-corrected chi connectivity index (χ4v) is 2.99. The summed E-state index contributed by atoms with van der Waals surface area (Å²) in [4.78, 5) is 12.0. The molecule has 0 aliphatic carbocycles. The zero-order chi connectivity index (χ0) is 19.1. The molecule has 140 valence electrons. The molecule has 0 radical (unpaired) electrons. The Morgan fingerprint density at radius 3 is 2.63 bits per heavy atom. The van der Waals surface area contributed by atoms with Crippen LogP contribution in [0.25, 0.3) is 22.0 Å². The van der Waals surface area contributed by atoms with Crippen molar-refractivity contribution in [1.29, 1.82) is 5.41 Å². The number of aromatic nitrogens is 2. The molecule has 0 fully saturated rings. The van der Waals surface area contributed by atoms with Gasteiger partial charge in [0.1, 0.15) is 0 Å². The van der Waals surface area contributed by atoms with Gasteiger partial charge in [0.05, 0.1) is 11.1 Å². The van der Waals surface area contributed by atoms with Crippen LogP contribution in [0.3, 0.4) is 0 Å². The highest BCUT2D eigenvalue weighted by molar-refractivity contribution is 5.94. The first-order valence-corrected chi connectivity index (χ1v) is 9.05. The van der Waals surface area contributed by atoms with Gasteiger partial charge in [-0.2, -0.15) is 5.10 Å². The molecule has 3 aromatic rings. The minimum absolute atomic E-state index is 0.0216. The number of nitrogens with zero attached hydrogens (tertiary/aromatic N) is 1. The summed E-state index contributed by atoms with van der Waals surface area (Å²) in [5, 5.41) is 21.7. The second kappa shape index (κ2) is 8.84. The number of guanidine groups is 1. The lowest BCUT2D eigenvalue weighted by Crippen LogP contribution is -2.30. The summed E-state index contributed by atoms with van der Waals surface area (Å²) in [6.45, 7) is 1.60. The zero-order valence-corrected chi connectivity index (χ0v) is 15.1. The summed E-state index contributed by atoms with van der Waals surface area (Å²) in [5.74, 6) is 0.0216. The van der Waals surface area contributed by atoms with Gasteiger partial charge in [-0.15, -0.1) is 0 Å². The van der Waals surface area contributed by atoms with Gasteiger partial charge < -0.3 is 16.4 Å². The predicted octanol–water partition coefficient (Wildman–Crippen LogP) is 2.66. The number of nitrogens with two attached hydrogens (primary N) is 1. The summed E-state index contributed by atoms with van der Waals surface area (Å²) in [6, 6.07) is 15.5. The fraction of sp³-hybridized carbons (Fsp3) is 0.250. The first-order chi connectivity index (χ1) is 13.1. The van der Waals surface area contributed by atoms with E-state index in [-0.39, 0.29) is 11.5 Å². The maximum atomic E-state index is 12.0. The van der Waals surface area contributed by atoms with Gasteiger partial charge in [0.25, 0.3) is 5.56 Å². The van der Waals surface area contributed by atoms with Crippen molar-refractivity contribution in [3.05, 3.63) is 58.9 Å². The number of nitrogens with one attached hydrogen (secondary N) is 4. The van der Waals surface area contributed by atoms with E-state index < -0.39 is 0 Å². The summed E-state index contributed by atoms with van der Waals surface area (Å²) in [6.07, 6.45) is 3.07. The van der Waals surface area contributed by atoms with Gasteiger partial charge in [-0.05, 0) is 37.5 Å². The van der Waals surface area contributed by atoms with E-state index in [2.05, 4.69) is 20.8 Å². The third-order valence-electron chi connectivity index (χ3n) is 4.33. The number of rotatable bonds is 8. The maximum Gasteiger partial charge on any atom is 0.272 e. The Hall–Kier alpha value is -3.35. The van der Waals surface area contributed by atoms with E-state index in [1.54, 1.807) is 0 Å². The number of anilines is 1. The van der Waals surface area contributed by atoms with Crippen LogP contribution in [-0.4, -0.2) is 29.2 Å². The average Bonchev–Trinajstić information content (AvgIpc) is 2.68. The van der Waals surface area contributed by atoms with Crippen molar-refractivity contribution in [2.45, 2.75) is 19.3 Å². The van der Waals surface area contributed by atoms with Crippen molar-refractivity contribution in [2.24, 2.45) is 5.73 Å². The third kappa shape index (κ3) is 4.84. The van der Waals surface area contributed by atoms with Crippen LogP contribution in [0.15, 0.2) is 53.3 Å². The molecule has 1 heterocycles. The van der Waals surface area contributed by atoms with E-state index in [0.29, 0.717) is 5.39 Å². The van der Waals surface area contributed by atoms with Crippen LogP contribution in [0.4, 0.5) is 5.69 Å². The molecule has 0 saturated heterocycles. The minimum Gasteiger partial charge on any atom is -0.385 e. The molecule has 0 amide bonds. The molecule has 3 rings (SSSR count). The topological polar surface area (TPSA) is 120 Å². The molecule has 6 N–H and O–H groups in total. The van der Waals surface area contributed by atoms with Crippen LogP contribution in [0, 0.1) is 5.41 Å². The molecule has 1 aromatic heterocycles. The van der Waals surface area contributed by atoms with E-state index in [0.717, 1.165) is 54.7 Å². The second-order valence-electron chi connectivity index (χ2n) is 6.36. The van der Waals surface area contributed by atoms with Gasteiger partial charge in [0.15, 0.2) is 5.96 Å². The molecule has 0 aliphatic rings. The van der Waals surface area contributed by atoms with Gasteiger partial charge in [-0.3, -0.25) is 10.2 Å². The molecule has 2 aromatic carbocycles. The summed E-state index contributed by atoms with van der Waals surface area (Å²) in [7, 11) is 0. The second-order valence-corrected chi connectivity index (χ2v) is 6.36. The Labute approximate surface area is 157 Å². The van der Waals surface area contributed by atoms with Crippen molar-refractivity contribution in [2.75, 3.05) is 18.4 Å². The number of aromatic amines is 1. The highest BCUT2D eigenvalue weighted by Crippen LogP contribution is 2.26. The molecule has 0 atom stereocenters. The van der Waals surface area contributed by atoms with Crippen molar-refractivity contribution in [1.82, 2.24) is 15.5 Å². The molecule has 0 aliphatic heterocycles. The lowest BCUT2D eigenvalue weighted by atomic mass is 10.0. The number of unbranched alkanes of at least 4 members (excludes halogenated alkanes) is 2. The van der Waals surface area contributed by atoms with Gasteiger partial charge >= 0.3 is 0 Å². The fourth-order valence-electron chi connectivity index (χ4n) is 2.99. The minimum atomic E-state index is -0.178. The molecule has 0 spiro atoms. The Bertz CT molecular complexity index is 981. The summed E-state index contributed by atoms with van der Waals surface area (Å²) in [5.41, 5.74) is 7.82. The lowest BCUT2D eigenvalue weighted by molar-refractivity contribution is 0.678. The Kier molecular flexibility index (Phi) is 6.04. The molecular weight excluding hydrogens is 340 g/mol. The lowest BCUT2D eigenvalue weighted by Gasteiger charge is -2.10. The Balaban J connectivity index is 1.64. The zero-order valence-electron chi connectivity index (χ0n) is 15.1. The van der Waals surface area contributed by atoms with Crippen LogP contribution < -0.4 is 21.9 Å². The van der Waals surface area contributed by atoms with Crippen molar-refractivity contribution in [3.8, 4) is 11.3 Å². The molecule has 27 heavy (non-hydrogen) atoms. The summed E-state index contributed by atoms with van der Waals surface area (Å²) >= 11 is 0. The number of fused-ring (bicyclic) bond motifs is 1. The number of benzene rings is 2. The highest BCUT2D eigenvalue weighted by atomic mass is 16.1. The van der Waals surface area contributed by atoms with E-state index >= 15 is 0 Å². The van der Waals surface area contributed by atoms with Crippen LogP contribution in [-0.2, 0) is 0 Å². The number of H-pyrrole nitrogens is 1. The monoisotopic (exact) mass is 364 g/mol. The standard InChI is InChI=1S/C20H24N6O/c21-20(22)24-12-5-1-4-11-23-15-8-6-7-14(13-15)18-16-9-2-3-10-17(16)19(27)26-25-18/h2-3,6-10,13,23H,1,4-5,11-12H2,(H,26,27)(H4,21,22,24). The quantitative estimate of drug-likeness (QED) is 0.239. The number of hydrogen-bond donors (Lipinski definition) is 5. The Morgan fingerprint density at radius 1 is 1.04 bits per heavy atom. The SMILES string of the molecule is N=C(N)NCCCCCNc1cccc(-c2n[nH]c(=O)c3ccccc23)c1. The molecule has 0 unspecified atom stereocenters. The average molecular weight is 364 g/mol. The van der Waals surface area contributed by atoms with Gasteiger partial charge in [-0.25, -0.2) is 5.10 Å². The van der Waals surface area contributed by atoms with E-state index in [9.17, 15) is 4.79 Å². The predicted molar refractivity (Wildman–Crippen MR) is 110 cm³/mol. The molecule has 7 nitrogen and oxygen atoms in total. The highest BCUT2D eigenvalue weighted by Gasteiger charge is 2.08. The van der Waals surface area contributed by atoms with Crippen molar-refractivity contribution >= 4 is 22.4 Å². The largest absolute Gasteiger partial charge is 0.385 e.